The first-order valence-corrected chi connectivity index (χ1v) is 7.68. The molecule has 0 radical (unpaired) electrons. The number of thiophene rings is 1. The molecule has 1 heterocycles. The summed E-state index contributed by atoms with van der Waals surface area (Å²) < 4.78 is 0. The van der Waals surface area contributed by atoms with Gasteiger partial charge >= 0.3 is 0 Å². The SMILES string of the molecule is CC(=O)NC(CC(=O)NCC1CC(O)C1)c1cccs1. The molecule has 1 aromatic heterocycles. The maximum Gasteiger partial charge on any atom is 0.222 e. The van der Waals surface area contributed by atoms with E-state index in [1.165, 1.54) is 18.3 Å². The highest BCUT2D eigenvalue weighted by molar-refractivity contribution is 7.10. The van der Waals surface area contributed by atoms with E-state index in [1.807, 2.05) is 17.5 Å². The molecule has 0 aromatic carbocycles. The van der Waals surface area contributed by atoms with E-state index in [0.717, 1.165) is 17.7 Å². The summed E-state index contributed by atoms with van der Waals surface area (Å²) in [5.74, 6) is 0.173. The second kappa shape index (κ2) is 6.85. The Kier molecular flexibility index (Phi) is 5.14. The third-order valence-corrected chi connectivity index (χ3v) is 4.44. The smallest absolute Gasteiger partial charge is 0.222 e. The Balaban J connectivity index is 1.81. The summed E-state index contributed by atoms with van der Waals surface area (Å²) in [6.45, 7) is 2.06. The number of aliphatic hydroxyl groups is 1. The lowest BCUT2D eigenvalue weighted by Crippen LogP contribution is -2.39. The molecule has 1 aliphatic carbocycles. The summed E-state index contributed by atoms with van der Waals surface area (Å²) >= 11 is 1.53. The fourth-order valence-electron chi connectivity index (χ4n) is 2.34. The van der Waals surface area contributed by atoms with Gasteiger partial charge in [0.1, 0.15) is 0 Å². The number of rotatable bonds is 6. The van der Waals surface area contributed by atoms with Crippen molar-refractivity contribution in [2.24, 2.45) is 5.92 Å². The van der Waals surface area contributed by atoms with Crippen LogP contribution in [0.1, 0.15) is 37.1 Å². The van der Waals surface area contributed by atoms with E-state index in [4.69, 9.17) is 0 Å². The molecule has 1 aliphatic rings. The Hall–Kier alpha value is -1.40. The molecule has 1 aromatic rings. The Morgan fingerprint density at radius 1 is 1.50 bits per heavy atom. The summed E-state index contributed by atoms with van der Waals surface area (Å²) in [6.07, 6.45) is 1.57. The summed E-state index contributed by atoms with van der Waals surface area (Å²) in [5, 5.41) is 16.8. The van der Waals surface area contributed by atoms with E-state index in [0.29, 0.717) is 12.5 Å². The lowest BCUT2D eigenvalue weighted by Gasteiger charge is -2.31. The van der Waals surface area contributed by atoms with E-state index in [2.05, 4.69) is 10.6 Å². The van der Waals surface area contributed by atoms with Gasteiger partial charge < -0.3 is 15.7 Å². The van der Waals surface area contributed by atoms with E-state index < -0.39 is 0 Å². The van der Waals surface area contributed by atoms with Gasteiger partial charge in [0, 0.05) is 18.3 Å². The molecule has 0 saturated heterocycles. The van der Waals surface area contributed by atoms with Crippen LogP contribution in [0.2, 0.25) is 0 Å². The van der Waals surface area contributed by atoms with E-state index >= 15 is 0 Å². The lowest BCUT2D eigenvalue weighted by molar-refractivity contribution is -0.123. The van der Waals surface area contributed by atoms with Crippen LogP contribution in [0.5, 0.6) is 0 Å². The van der Waals surface area contributed by atoms with Gasteiger partial charge in [0.15, 0.2) is 0 Å². The molecule has 0 spiro atoms. The van der Waals surface area contributed by atoms with Crippen molar-refractivity contribution in [3.8, 4) is 0 Å². The first-order valence-electron chi connectivity index (χ1n) is 6.80. The second-order valence-corrected chi connectivity index (χ2v) is 6.25. The van der Waals surface area contributed by atoms with Crippen LogP contribution in [-0.4, -0.2) is 29.6 Å². The van der Waals surface area contributed by atoms with Crippen LogP contribution in [0.15, 0.2) is 17.5 Å². The van der Waals surface area contributed by atoms with Crippen LogP contribution < -0.4 is 10.6 Å². The summed E-state index contributed by atoms with van der Waals surface area (Å²) in [7, 11) is 0. The normalized spacial score (nSPS) is 22.7. The van der Waals surface area contributed by atoms with Gasteiger partial charge in [0.2, 0.25) is 11.8 Å². The number of amides is 2. The van der Waals surface area contributed by atoms with Gasteiger partial charge in [0.25, 0.3) is 0 Å². The third kappa shape index (κ3) is 4.31. The van der Waals surface area contributed by atoms with E-state index in [9.17, 15) is 14.7 Å². The fraction of sp³-hybridized carbons (Fsp3) is 0.571. The largest absolute Gasteiger partial charge is 0.393 e. The van der Waals surface area contributed by atoms with Gasteiger partial charge in [-0.1, -0.05) is 6.07 Å². The highest BCUT2D eigenvalue weighted by Crippen LogP contribution is 2.26. The molecule has 1 saturated carbocycles. The molecule has 20 heavy (non-hydrogen) atoms. The minimum Gasteiger partial charge on any atom is -0.393 e. The van der Waals surface area contributed by atoms with E-state index in [1.54, 1.807) is 0 Å². The Morgan fingerprint density at radius 2 is 2.25 bits per heavy atom. The van der Waals surface area contributed by atoms with E-state index in [-0.39, 0.29) is 30.4 Å². The molecular formula is C14H20N2O3S. The van der Waals surface area contributed by atoms with Gasteiger partial charge in [0.05, 0.1) is 18.6 Å². The molecule has 2 amide bonds. The third-order valence-electron chi connectivity index (χ3n) is 3.45. The summed E-state index contributed by atoms with van der Waals surface area (Å²) in [6, 6.07) is 3.56. The Labute approximate surface area is 122 Å². The van der Waals surface area contributed by atoms with Crippen molar-refractivity contribution < 1.29 is 14.7 Å². The Bertz CT molecular complexity index is 455. The van der Waals surface area contributed by atoms with Gasteiger partial charge in [-0.25, -0.2) is 0 Å². The zero-order valence-electron chi connectivity index (χ0n) is 11.5. The zero-order valence-corrected chi connectivity index (χ0v) is 12.3. The van der Waals surface area contributed by atoms with Crippen molar-refractivity contribution >= 4 is 23.2 Å². The molecule has 2 rings (SSSR count). The van der Waals surface area contributed by atoms with Crippen molar-refractivity contribution in [2.45, 2.75) is 38.3 Å². The monoisotopic (exact) mass is 296 g/mol. The number of hydrogen-bond donors (Lipinski definition) is 3. The maximum absolute atomic E-state index is 11.9. The van der Waals surface area contributed by atoms with Gasteiger partial charge in [-0.3, -0.25) is 9.59 Å². The molecular weight excluding hydrogens is 276 g/mol. The average molecular weight is 296 g/mol. The number of carbonyl (C=O) groups excluding carboxylic acids is 2. The number of hydrogen-bond acceptors (Lipinski definition) is 4. The standard InChI is InChI=1S/C14H20N2O3S/c1-9(17)16-12(13-3-2-4-20-13)7-14(19)15-8-10-5-11(18)6-10/h2-4,10-12,18H,5-8H2,1H3,(H,15,19)(H,16,17). The molecule has 5 nitrogen and oxygen atoms in total. The first-order chi connectivity index (χ1) is 9.54. The second-order valence-electron chi connectivity index (χ2n) is 5.27. The minimum absolute atomic E-state index is 0.0708. The van der Waals surface area contributed by atoms with Crippen molar-refractivity contribution in [3.63, 3.8) is 0 Å². The summed E-state index contributed by atoms with van der Waals surface area (Å²) in [5.41, 5.74) is 0. The van der Waals surface area contributed by atoms with Crippen molar-refractivity contribution in [1.29, 1.82) is 0 Å². The van der Waals surface area contributed by atoms with Gasteiger partial charge in [-0.05, 0) is 30.2 Å². The number of nitrogens with one attached hydrogen (secondary N) is 2. The topological polar surface area (TPSA) is 78.4 Å². The van der Waals surface area contributed by atoms with Crippen LogP contribution in [0.4, 0.5) is 0 Å². The molecule has 110 valence electrons. The molecule has 6 heteroatoms. The quantitative estimate of drug-likeness (QED) is 0.738. The number of aliphatic hydroxyl groups excluding tert-OH is 1. The molecule has 1 fully saturated rings. The van der Waals surface area contributed by atoms with Crippen LogP contribution in [0, 0.1) is 5.92 Å². The van der Waals surface area contributed by atoms with Crippen LogP contribution in [-0.2, 0) is 9.59 Å². The molecule has 1 atom stereocenters. The molecule has 3 N–H and O–H groups in total. The molecule has 1 unspecified atom stereocenters. The number of carbonyl (C=O) groups is 2. The first kappa shape index (κ1) is 15.0. The maximum atomic E-state index is 11.9. The predicted octanol–water partition coefficient (Wildman–Crippen LogP) is 1.20. The Morgan fingerprint density at radius 3 is 2.80 bits per heavy atom. The minimum atomic E-state index is -0.264. The fourth-order valence-corrected chi connectivity index (χ4v) is 3.12. The van der Waals surface area contributed by atoms with Gasteiger partial charge in [-0.2, -0.15) is 0 Å². The van der Waals surface area contributed by atoms with Crippen LogP contribution in [0.3, 0.4) is 0 Å². The van der Waals surface area contributed by atoms with Crippen LogP contribution >= 0.6 is 11.3 Å². The molecule has 0 bridgehead atoms. The summed E-state index contributed by atoms with van der Waals surface area (Å²) in [4.78, 5) is 24.1. The highest BCUT2D eigenvalue weighted by Gasteiger charge is 2.27. The van der Waals surface area contributed by atoms with Crippen molar-refractivity contribution in [3.05, 3.63) is 22.4 Å². The van der Waals surface area contributed by atoms with Crippen molar-refractivity contribution in [1.82, 2.24) is 10.6 Å². The molecule has 0 aliphatic heterocycles. The van der Waals surface area contributed by atoms with Gasteiger partial charge in [-0.15, -0.1) is 11.3 Å². The lowest BCUT2D eigenvalue weighted by atomic mass is 9.82. The predicted molar refractivity (Wildman–Crippen MR) is 77.2 cm³/mol. The van der Waals surface area contributed by atoms with Crippen molar-refractivity contribution in [2.75, 3.05) is 6.54 Å². The highest BCUT2D eigenvalue weighted by atomic mass is 32.1. The zero-order chi connectivity index (χ0) is 14.5. The van der Waals surface area contributed by atoms with Crippen LogP contribution in [0.25, 0.3) is 0 Å². The average Bonchev–Trinajstić information content (AvgIpc) is 2.85.